The largest absolute Gasteiger partial charge is 0.381 e. The zero-order valence-electron chi connectivity index (χ0n) is 15.9. The first-order valence-corrected chi connectivity index (χ1v) is 9.62. The van der Waals surface area contributed by atoms with Gasteiger partial charge in [-0.3, -0.25) is 9.79 Å². The molecular weight excluding hydrogens is 455 g/mol. The summed E-state index contributed by atoms with van der Waals surface area (Å²) in [6.07, 6.45) is 4.34. The van der Waals surface area contributed by atoms with E-state index in [2.05, 4.69) is 21.3 Å². The maximum Gasteiger partial charge on any atom is 0.246 e. The Morgan fingerprint density at radius 2 is 2.15 bits per heavy atom. The van der Waals surface area contributed by atoms with Gasteiger partial charge in [0.2, 0.25) is 5.91 Å². The highest BCUT2D eigenvalue weighted by Crippen LogP contribution is 2.38. The van der Waals surface area contributed by atoms with Crippen molar-refractivity contribution < 1.29 is 9.53 Å². The summed E-state index contributed by atoms with van der Waals surface area (Å²) in [7, 11) is 1.79. The van der Waals surface area contributed by atoms with Crippen molar-refractivity contribution in [3.05, 3.63) is 29.8 Å². The topological polar surface area (TPSA) is 57.2 Å². The van der Waals surface area contributed by atoms with Crippen LogP contribution < -0.4 is 10.2 Å². The van der Waals surface area contributed by atoms with Gasteiger partial charge in [0.05, 0.1) is 13.2 Å². The van der Waals surface area contributed by atoms with Crippen molar-refractivity contribution >= 4 is 41.5 Å². The minimum Gasteiger partial charge on any atom is -0.381 e. The Hall–Kier alpha value is -1.35. The molecule has 7 heteroatoms. The highest BCUT2D eigenvalue weighted by atomic mass is 127. The molecule has 1 spiro atoms. The quantitative estimate of drug-likeness (QED) is 0.398. The maximum atomic E-state index is 12.8. The number of aliphatic imine (C=N–C) groups is 1. The van der Waals surface area contributed by atoms with E-state index >= 15 is 0 Å². The molecule has 2 fully saturated rings. The van der Waals surface area contributed by atoms with Crippen LogP contribution in [0.3, 0.4) is 0 Å². The molecule has 0 radical (unpaired) electrons. The molecule has 27 heavy (non-hydrogen) atoms. The first kappa shape index (κ1) is 20.4. The van der Waals surface area contributed by atoms with E-state index in [0.29, 0.717) is 0 Å². The lowest BCUT2D eigenvalue weighted by molar-refractivity contribution is -0.117. The smallest absolute Gasteiger partial charge is 0.246 e. The van der Waals surface area contributed by atoms with Crippen molar-refractivity contribution in [1.82, 2.24) is 10.2 Å². The number of amides is 1. The van der Waals surface area contributed by atoms with E-state index in [1.54, 1.807) is 7.05 Å². The van der Waals surface area contributed by atoms with Crippen LogP contribution in [0.15, 0.2) is 29.3 Å². The van der Waals surface area contributed by atoms with Gasteiger partial charge in [-0.05, 0) is 37.3 Å². The predicted molar refractivity (Wildman–Crippen MR) is 118 cm³/mol. The van der Waals surface area contributed by atoms with E-state index in [-0.39, 0.29) is 41.8 Å². The van der Waals surface area contributed by atoms with Gasteiger partial charge in [-0.25, -0.2) is 0 Å². The number of halogens is 1. The molecule has 148 valence electrons. The number of fused-ring (bicyclic) bond motifs is 1. The second kappa shape index (κ2) is 8.77. The number of ether oxygens (including phenoxy) is 1. The van der Waals surface area contributed by atoms with Crippen molar-refractivity contribution in [1.29, 1.82) is 0 Å². The van der Waals surface area contributed by atoms with Gasteiger partial charge in [-0.1, -0.05) is 18.2 Å². The number of aryl methyl sites for hydroxylation is 1. The average molecular weight is 484 g/mol. The van der Waals surface area contributed by atoms with E-state index in [9.17, 15) is 4.79 Å². The molecular formula is C20H29IN4O2. The molecule has 0 saturated carbocycles. The molecule has 0 aromatic heterocycles. The van der Waals surface area contributed by atoms with E-state index in [4.69, 9.17) is 4.74 Å². The highest BCUT2D eigenvalue weighted by Gasteiger charge is 2.42. The van der Waals surface area contributed by atoms with E-state index in [0.717, 1.165) is 70.2 Å². The van der Waals surface area contributed by atoms with Crippen LogP contribution in [0.5, 0.6) is 0 Å². The van der Waals surface area contributed by atoms with Crippen LogP contribution in [0.4, 0.5) is 5.69 Å². The second-order valence-electron chi connectivity index (χ2n) is 7.65. The zero-order valence-corrected chi connectivity index (χ0v) is 18.3. The number of likely N-dealkylation sites (tertiary alicyclic amines) is 1. The summed E-state index contributed by atoms with van der Waals surface area (Å²) in [5, 5.41) is 3.29. The third-order valence-corrected chi connectivity index (χ3v) is 5.94. The minimum atomic E-state index is 0. The number of nitrogens with one attached hydrogen (secondary N) is 1. The van der Waals surface area contributed by atoms with E-state index in [1.807, 2.05) is 23.1 Å². The van der Waals surface area contributed by atoms with Gasteiger partial charge in [0, 0.05) is 44.4 Å². The number of guanidine groups is 1. The number of hydrogen-bond donors (Lipinski definition) is 1. The average Bonchev–Trinajstić information content (AvgIpc) is 3.32. The third-order valence-electron chi connectivity index (χ3n) is 5.94. The van der Waals surface area contributed by atoms with E-state index in [1.165, 1.54) is 5.56 Å². The molecule has 3 aliphatic rings. The van der Waals surface area contributed by atoms with Crippen LogP contribution in [0.1, 0.15) is 24.8 Å². The fourth-order valence-corrected chi connectivity index (χ4v) is 4.46. The molecule has 1 aromatic rings. The molecule has 0 aliphatic carbocycles. The van der Waals surface area contributed by atoms with Crippen LogP contribution in [0, 0.1) is 5.41 Å². The third kappa shape index (κ3) is 4.23. The van der Waals surface area contributed by atoms with Gasteiger partial charge in [-0.2, -0.15) is 0 Å². The number of anilines is 1. The van der Waals surface area contributed by atoms with Gasteiger partial charge in [0.15, 0.2) is 5.96 Å². The lowest BCUT2D eigenvalue weighted by atomic mass is 9.87. The van der Waals surface area contributed by atoms with Crippen LogP contribution in [-0.4, -0.2) is 63.2 Å². The number of rotatable bonds is 2. The van der Waals surface area contributed by atoms with Crippen molar-refractivity contribution in [3.63, 3.8) is 0 Å². The van der Waals surface area contributed by atoms with Crippen molar-refractivity contribution in [2.75, 3.05) is 51.3 Å². The molecule has 1 aromatic carbocycles. The SMILES string of the molecule is CN=C(NCC(=O)N1CCCc2ccccc21)N1CCC2(CCOC2)C1.I. The van der Waals surface area contributed by atoms with Gasteiger partial charge >= 0.3 is 0 Å². The molecule has 6 nitrogen and oxygen atoms in total. The predicted octanol–water partition coefficient (Wildman–Crippen LogP) is 2.27. The Labute approximate surface area is 178 Å². The Balaban J connectivity index is 0.00000210. The molecule has 2 saturated heterocycles. The highest BCUT2D eigenvalue weighted by molar-refractivity contribution is 14.0. The Bertz CT molecular complexity index is 703. The number of benzene rings is 1. The fourth-order valence-electron chi connectivity index (χ4n) is 4.46. The zero-order chi connectivity index (χ0) is 18.0. The standard InChI is InChI=1S/C20H28N4O2.HI/c1-21-19(23-11-8-20(14-23)9-12-26-15-20)22-13-18(25)24-10-4-6-16-5-2-3-7-17(16)24;/h2-3,5,7H,4,6,8-15H2,1H3,(H,21,22);1H. The number of carbonyl (C=O) groups is 1. The van der Waals surface area contributed by atoms with Crippen molar-refractivity contribution in [2.24, 2.45) is 10.4 Å². The molecule has 0 bridgehead atoms. The van der Waals surface area contributed by atoms with Crippen molar-refractivity contribution in [3.8, 4) is 0 Å². The normalized spacial score (nSPS) is 24.7. The van der Waals surface area contributed by atoms with Gasteiger partial charge in [-0.15, -0.1) is 24.0 Å². The molecule has 3 aliphatic heterocycles. The number of hydrogen-bond acceptors (Lipinski definition) is 3. The molecule has 1 amide bonds. The second-order valence-corrected chi connectivity index (χ2v) is 7.65. The number of para-hydroxylation sites is 1. The molecule has 3 heterocycles. The Kier molecular flexibility index (Phi) is 6.62. The monoisotopic (exact) mass is 484 g/mol. The molecule has 1 atom stereocenters. The first-order valence-electron chi connectivity index (χ1n) is 9.62. The van der Waals surface area contributed by atoms with Crippen LogP contribution >= 0.6 is 24.0 Å². The number of nitrogens with zero attached hydrogens (tertiary/aromatic N) is 3. The Morgan fingerprint density at radius 1 is 1.30 bits per heavy atom. The van der Waals surface area contributed by atoms with Crippen molar-refractivity contribution in [2.45, 2.75) is 25.7 Å². The van der Waals surface area contributed by atoms with E-state index < -0.39 is 0 Å². The lowest BCUT2D eigenvalue weighted by Crippen LogP contribution is -2.47. The number of carbonyl (C=O) groups excluding carboxylic acids is 1. The summed E-state index contributed by atoms with van der Waals surface area (Å²) < 4.78 is 5.61. The first-order chi connectivity index (χ1) is 12.7. The van der Waals surface area contributed by atoms with Crippen LogP contribution in [-0.2, 0) is 16.0 Å². The molecule has 4 rings (SSSR count). The fraction of sp³-hybridized carbons (Fsp3) is 0.600. The maximum absolute atomic E-state index is 12.8. The summed E-state index contributed by atoms with van der Waals surface area (Å²) in [6, 6.07) is 8.22. The van der Waals surface area contributed by atoms with Gasteiger partial charge in [0.25, 0.3) is 0 Å². The van der Waals surface area contributed by atoms with Crippen LogP contribution in [0.2, 0.25) is 0 Å². The van der Waals surface area contributed by atoms with Gasteiger partial charge < -0.3 is 19.9 Å². The molecule has 1 unspecified atom stereocenters. The van der Waals surface area contributed by atoms with Crippen LogP contribution in [0.25, 0.3) is 0 Å². The summed E-state index contributed by atoms with van der Waals surface area (Å²) in [4.78, 5) is 21.4. The van der Waals surface area contributed by atoms with Gasteiger partial charge in [0.1, 0.15) is 0 Å². The summed E-state index contributed by atoms with van der Waals surface area (Å²) in [5.41, 5.74) is 2.61. The molecule has 1 N–H and O–H groups in total. The summed E-state index contributed by atoms with van der Waals surface area (Å²) in [5.74, 6) is 0.934. The lowest BCUT2D eigenvalue weighted by Gasteiger charge is -2.30. The summed E-state index contributed by atoms with van der Waals surface area (Å²) in [6.45, 7) is 4.73. The minimum absolute atomic E-state index is 0. The Morgan fingerprint density at radius 3 is 2.93 bits per heavy atom. The summed E-state index contributed by atoms with van der Waals surface area (Å²) >= 11 is 0.